The van der Waals surface area contributed by atoms with Crippen LogP contribution in [0.2, 0.25) is 0 Å². The summed E-state index contributed by atoms with van der Waals surface area (Å²) in [5.74, 6) is -1.79. The number of carbonyl (C=O) groups excluding carboxylic acids is 2. The Labute approximate surface area is 161 Å². The first-order valence-electron chi connectivity index (χ1n) is 8.46. The highest BCUT2D eigenvalue weighted by atomic mass is 32.2. The molecular formula is C17H21F2NO7S. The van der Waals surface area contributed by atoms with Crippen molar-refractivity contribution in [3.05, 3.63) is 23.8 Å². The second-order valence-corrected chi connectivity index (χ2v) is 8.29. The Balaban J connectivity index is 1.99. The van der Waals surface area contributed by atoms with Crippen molar-refractivity contribution in [1.29, 1.82) is 0 Å². The molecule has 11 heteroatoms. The maximum Gasteiger partial charge on any atom is 0.387 e. The maximum atomic E-state index is 12.3. The maximum absolute atomic E-state index is 12.3. The first-order valence-corrected chi connectivity index (χ1v) is 10.3. The van der Waals surface area contributed by atoms with Crippen molar-refractivity contribution >= 4 is 21.7 Å². The third kappa shape index (κ3) is 5.54. The normalized spacial score (nSPS) is 18.0. The number of amides is 1. The van der Waals surface area contributed by atoms with Gasteiger partial charge in [-0.05, 0) is 31.5 Å². The quantitative estimate of drug-likeness (QED) is 0.587. The molecule has 1 amide bonds. The standard InChI is InChI=1S/C17H21F2NO7S/c1-3-20(12-6-7-28(23,24)10-12)15(21)9-26-16(22)11-4-5-13(27-17(18)19)14(8-11)25-2/h4-5,8,12,17H,3,6-7,9-10H2,1-2H3. The van der Waals surface area contributed by atoms with Crippen molar-refractivity contribution in [1.82, 2.24) is 4.90 Å². The lowest BCUT2D eigenvalue weighted by Crippen LogP contribution is -2.43. The molecule has 0 radical (unpaired) electrons. The number of esters is 1. The molecule has 0 N–H and O–H groups in total. The van der Waals surface area contributed by atoms with Gasteiger partial charge in [-0.25, -0.2) is 13.2 Å². The van der Waals surface area contributed by atoms with E-state index >= 15 is 0 Å². The number of halogens is 2. The minimum absolute atomic E-state index is 0.0160. The summed E-state index contributed by atoms with van der Waals surface area (Å²) in [5.41, 5.74) is -0.0160. The highest BCUT2D eigenvalue weighted by molar-refractivity contribution is 7.91. The van der Waals surface area contributed by atoms with E-state index in [4.69, 9.17) is 9.47 Å². The Bertz CT molecular complexity index is 829. The Morgan fingerprint density at radius 2 is 2.00 bits per heavy atom. The van der Waals surface area contributed by atoms with E-state index in [0.717, 1.165) is 12.1 Å². The zero-order valence-corrected chi connectivity index (χ0v) is 16.2. The van der Waals surface area contributed by atoms with Gasteiger partial charge in [0.1, 0.15) is 0 Å². The summed E-state index contributed by atoms with van der Waals surface area (Å²) in [6.45, 7) is -1.63. The number of hydrogen-bond donors (Lipinski definition) is 0. The minimum atomic E-state index is -3.16. The zero-order valence-electron chi connectivity index (χ0n) is 15.4. The van der Waals surface area contributed by atoms with Crippen molar-refractivity contribution in [2.75, 3.05) is 31.8 Å². The smallest absolute Gasteiger partial charge is 0.387 e. The molecule has 1 unspecified atom stereocenters. The monoisotopic (exact) mass is 421 g/mol. The van der Waals surface area contributed by atoms with Crippen molar-refractivity contribution in [3.8, 4) is 11.5 Å². The molecule has 0 aromatic heterocycles. The summed E-state index contributed by atoms with van der Waals surface area (Å²) in [4.78, 5) is 25.9. The average Bonchev–Trinajstić information content (AvgIpc) is 2.99. The van der Waals surface area contributed by atoms with E-state index in [-0.39, 0.29) is 35.1 Å². The Hall–Kier alpha value is -2.43. The predicted molar refractivity (Wildman–Crippen MR) is 94.4 cm³/mol. The van der Waals surface area contributed by atoms with Crippen LogP contribution >= 0.6 is 0 Å². The third-order valence-corrected chi connectivity index (χ3v) is 6.00. The van der Waals surface area contributed by atoms with Gasteiger partial charge in [-0.3, -0.25) is 4.79 Å². The third-order valence-electron chi connectivity index (χ3n) is 4.25. The highest BCUT2D eigenvalue weighted by Gasteiger charge is 2.34. The van der Waals surface area contributed by atoms with Gasteiger partial charge < -0.3 is 19.1 Å². The van der Waals surface area contributed by atoms with Gasteiger partial charge in [0.05, 0.1) is 24.2 Å². The topological polar surface area (TPSA) is 99.2 Å². The molecule has 8 nitrogen and oxygen atoms in total. The van der Waals surface area contributed by atoms with E-state index in [2.05, 4.69) is 4.74 Å². The molecule has 1 atom stereocenters. The van der Waals surface area contributed by atoms with E-state index < -0.39 is 41.0 Å². The van der Waals surface area contributed by atoms with Gasteiger partial charge in [0.2, 0.25) is 0 Å². The first kappa shape index (κ1) is 21.9. The molecule has 0 spiro atoms. The molecule has 2 rings (SSSR count). The predicted octanol–water partition coefficient (Wildman–Crippen LogP) is 1.49. The highest BCUT2D eigenvalue weighted by Crippen LogP contribution is 2.29. The SMILES string of the molecule is CCN(C(=O)COC(=O)c1ccc(OC(F)F)c(OC)c1)C1CCS(=O)(=O)C1. The summed E-state index contributed by atoms with van der Waals surface area (Å²) in [7, 11) is -1.94. The molecule has 0 bridgehead atoms. The summed E-state index contributed by atoms with van der Waals surface area (Å²) >= 11 is 0. The van der Waals surface area contributed by atoms with Gasteiger partial charge in [0, 0.05) is 12.6 Å². The van der Waals surface area contributed by atoms with E-state index in [1.165, 1.54) is 18.1 Å². The number of benzene rings is 1. The number of alkyl halides is 2. The molecule has 1 aliphatic rings. The number of rotatable bonds is 8. The van der Waals surface area contributed by atoms with Crippen LogP contribution in [0.25, 0.3) is 0 Å². The van der Waals surface area contributed by atoms with E-state index in [1.54, 1.807) is 6.92 Å². The largest absolute Gasteiger partial charge is 0.493 e. The lowest BCUT2D eigenvalue weighted by molar-refractivity contribution is -0.136. The molecule has 0 saturated carbocycles. The Morgan fingerprint density at radius 3 is 2.54 bits per heavy atom. The molecule has 1 fully saturated rings. The second-order valence-electron chi connectivity index (χ2n) is 6.06. The average molecular weight is 421 g/mol. The van der Waals surface area contributed by atoms with Gasteiger partial charge in [-0.15, -0.1) is 0 Å². The lowest BCUT2D eigenvalue weighted by atomic mass is 10.2. The van der Waals surface area contributed by atoms with Crippen LogP contribution in [0.15, 0.2) is 18.2 Å². The number of methoxy groups -OCH3 is 1. The van der Waals surface area contributed by atoms with Crippen LogP contribution in [-0.2, 0) is 19.4 Å². The van der Waals surface area contributed by atoms with Gasteiger partial charge >= 0.3 is 12.6 Å². The van der Waals surface area contributed by atoms with E-state index in [1.807, 2.05) is 0 Å². The van der Waals surface area contributed by atoms with Gasteiger partial charge in [0.25, 0.3) is 5.91 Å². The Morgan fingerprint density at radius 1 is 1.29 bits per heavy atom. The van der Waals surface area contributed by atoms with Crippen LogP contribution in [0.5, 0.6) is 11.5 Å². The van der Waals surface area contributed by atoms with Gasteiger partial charge in [-0.2, -0.15) is 8.78 Å². The number of sulfone groups is 1. The van der Waals surface area contributed by atoms with Crippen LogP contribution in [0.3, 0.4) is 0 Å². The number of likely N-dealkylation sites (N-methyl/N-ethyl adjacent to an activating group) is 1. The number of ether oxygens (including phenoxy) is 3. The summed E-state index contributed by atoms with van der Waals surface area (Å²) in [5, 5.41) is 0. The zero-order chi connectivity index (χ0) is 20.9. The molecule has 1 aromatic rings. The van der Waals surface area contributed by atoms with E-state index in [0.29, 0.717) is 6.42 Å². The molecule has 28 heavy (non-hydrogen) atoms. The van der Waals surface area contributed by atoms with Crippen LogP contribution in [0.4, 0.5) is 8.78 Å². The van der Waals surface area contributed by atoms with Crippen LogP contribution in [0.1, 0.15) is 23.7 Å². The minimum Gasteiger partial charge on any atom is -0.493 e. The van der Waals surface area contributed by atoms with Gasteiger partial charge in [0.15, 0.2) is 27.9 Å². The summed E-state index contributed by atoms with van der Waals surface area (Å²) in [6, 6.07) is 3.05. The molecular weight excluding hydrogens is 400 g/mol. The molecule has 1 heterocycles. The lowest BCUT2D eigenvalue weighted by Gasteiger charge is -2.26. The van der Waals surface area contributed by atoms with Crippen molar-refractivity contribution < 1.29 is 41.0 Å². The number of hydrogen-bond acceptors (Lipinski definition) is 7. The fourth-order valence-corrected chi connectivity index (χ4v) is 4.67. The fourth-order valence-electron chi connectivity index (χ4n) is 2.94. The van der Waals surface area contributed by atoms with Crippen molar-refractivity contribution in [2.24, 2.45) is 0 Å². The number of carbonyl (C=O) groups is 2. The molecule has 1 aromatic carbocycles. The van der Waals surface area contributed by atoms with E-state index in [9.17, 15) is 26.8 Å². The fraction of sp³-hybridized carbons (Fsp3) is 0.529. The van der Waals surface area contributed by atoms with Gasteiger partial charge in [-0.1, -0.05) is 0 Å². The summed E-state index contributed by atoms with van der Waals surface area (Å²) < 4.78 is 62.0. The Kier molecular flexibility index (Phi) is 7.17. The second kappa shape index (κ2) is 9.18. The number of nitrogens with zero attached hydrogens (tertiary/aromatic N) is 1. The molecule has 1 saturated heterocycles. The van der Waals surface area contributed by atoms with Crippen molar-refractivity contribution in [2.45, 2.75) is 26.0 Å². The molecule has 1 aliphatic heterocycles. The molecule has 156 valence electrons. The summed E-state index contributed by atoms with van der Waals surface area (Å²) in [6.07, 6.45) is 0.346. The van der Waals surface area contributed by atoms with Crippen LogP contribution in [-0.4, -0.2) is 69.6 Å². The van der Waals surface area contributed by atoms with Crippen LogP contribution in [0, 0.1) is 0 Å². The molecule has 0 aliphatic carbocycles. The van der Waals surface area contributed by atoms with Crippen LogP contribution < -0.4 is 9.47 Å². The first-order chi connectivity index (χ1) is 13.2. The van der Waals surface area contributed by atoms with Crippen molar-refractivity contribution in [3.63, 3.8) is 0 Å².